The first-order chi connectivity index (χ1) is 7.11. The van der Waals surface area contributed by atoms with Crippen LogP contribution in [-0.2, 0) is 0 Å². The van der Waals surface area contributed by atoms with Crippen LogP contribution in [0.25, 0.3) is 0 Å². The van der Waals surface area contributed by atoms with Gasteiger partial charge in [0, 0.05) is 18.1 Å². The lowest BCUT2D eigenvalue weighted by molar-refractivity contribution is 0.111. The first-order valence-corrected chi connectivity index (χ1v) is 6.59. The maximum Gasteiger partial charge on any atom is 0.0223 e. The number of nitrogens with zero attached hydrogens (tertiary/aromatic N) is 1. The Balaban J connectivity index is 2.43. The fourth-order valence-electron chi connectivity index (χ4n) is 2.73. The molecule has 1 heterocycles. The molecule has 1 fully saturated rings. The zero-order valence-electron chi connectivity index (χ0n) is 11.0. The van der Waals surface area contributed by atoms with Crippen molar-refractivity contribution in [2.75, 3.05) is 19.6 Å². The van der Waals surface area contributed by atoms with E-state index in [4.69, 9.17) is 0 Å². The largest absolute Gasteiger partial charge is 0.315 e. The Labute approximate surface area is 95.4 Å². The molecule has 2 heteroatoms. The molecule has 1 unspecified atom stereocenters. The number of rotatable bonds is 6. The molecule has 1 aliphatic heterocycles. The van der Waals surface area contributed by atoms with Crippen LogP contribution in [0.1, 0.15) is 53.4 Å². The predicted octanol–water partition coefficient (Wildman–Crippen LogP) is 2.64. The van der Waals surface area contributed by atoms with Gasteiger partial charge < -0.3 is 5.32 Å². The molecule has 0 bridgehead atoms. The molecule has 1 rings (SSSR count). The van der Waals surface area contributed by atoms with Crippen molar-refractivity contribution in [1.82, 2.24) is 10.2 Å². The monoisotopic (exact) mass is 212 g/mol. The summed E-state index contributed by atoms with van der Waals surface area (Å²) in [7, 11) is 0. The number of hydrogen-bond acceptors (Lipinski definition) is 2. The van der Waals surface area contributed by atoms with Gasteiger partial charge in [-0.15, -0.1) is 0 Å². The van der Waals surface area contributed by atoms with Crippen molar-refractivity contribution in [3.8, 4) is 0 Å². The highest BCUT2D eigenvalue weighted by molar-refractivity contribution is 4.92. The van der Waals surface area contributed by atoms with Crippen LogP contribution >= 0.6 is 0 Å². The van der Waals surface area contributed by atoms with Gasteiger partial charge in [0.05, 0.1) is 0 Å². The molecule has 0 aromatic heterocycles. The van der Waals surface area contributed by atoms with Crippen LogP contribution in [0.15, 0.2) is 0 Å². The zero-order valence-corrected chi connectivity index (χ0v) is 11.0. The highest BCUT2D eigenvalue weighted by Crippen LogP contribution is 2.30. The van der Waals surface area contributed by atoms with Gasteiger partial charge in [-0.3, -0.25) is 4.90 Å². The van der Waals surface area contributed by atoms with Crippen LogP contribution in [0.5, 0.6) is 0 Å². The fourth-order valence-corrected chi connectivity index (χ4v) is 2.73. The molecule has 1 aliphatic rings. The van der Waals surface area contributed by atoms with Gasteiger partial charge in [0.25, 0.3) is 0 Å². The molecule has 1 N–H and O–H groups in total. The number of likely N-dealkylation sites (tertiary alicyclic amines) is 1. The summed E-state index contributed by atoms with van der Waals surface area (Å²) in [5.41, 5.74) is 0.425. The Morgan fingerprint density at radius 1 is 1.33 bits per heavy atom. The Bertz CT molecular complexity index is 177. The third-order valence-electron chi connectivity index (χ3n) is 3.68. The van der Waals surface area contributed by atoms with E-state index in [1.807, 2.05) is 0 Å². The molecule has 0 radical (unpaired) electrons. The van der Waals surface area contributed by atoms with Gasteiger partial charge >= 0.3 is 0 Å². The minimum atomic E-state index is 0.425. The second kappa shape index (κ2) is 5.86. The zero-order chi connectivity index (χ0) is 11.3. The average Bonchev–Trinajstić information content (AvgIpc) is 2.53. The smallest absolute Gasteiger partial charge is 0.0223 e. The molecular weight excluding hydrogens is 184 g/mol. The Morgan fingerprint density at radius 2 is 2.07 bits per heavy atom. The topological polar surface area (TPSA) is 15.3 Å². The summed E-state index contributed by atoms with van der Waals surface area (Å²) in [5, 5.41) is 3.56. The molecule has 0 aliphatic carbocycles. The van der Waals surface area contributed by atoms with E-state index in [0.717, 1.165) is 19.1 Å². The SMILES string of the molecule is CCCNCC(CC)N1CCCC1(C)C. The van der Waals surface area contributed by atoms with Crippen molar-refractivity contribution in [3.05, 3.63) is 0 Å². The van der Waals surface area contributed by atoms with Crippen molar-refractivity contribution >= 4 is 0 Å². The lowest BCUT2D eigenvalue weighted by Gasteiger charge is -2.38. The van der Waals surface area contributed by atoms with Gasteiger partial charge in [-0.2, -0.15) is 0 Å². The van der Waals surface area contributed by atoms with Crippen molar-refractivity contribution in [2.45, 2.75) is 65.0 Å². The molecular formula is C13H28N2. The molecule has 2 nitrogen and oxygen atoms in total. The molecule has 0 aromatic carbocycles. The summed E-state index contributed by atoms with van der Waals surface area (Å²) >= 11 is 0. The summed E-state index contributed by atoms with van der Waals surface area (Å²) in [6.07, 6.45) is 5.23. The molecule has 1 atom stereocenters. The second-order valence-electron chi connectivity index (χ2n) is 5.38. The van der Waals surface area contributed by atoms with Crippen LogP contribution in [0, 0.1) is 0 Å². The molecule has 0 aromatic rings. The highest BCUT2D eigenvalue weighted by atomic mass is 15.2. The summed E-state index contributed by atoms with van der Waals surface area (Å²) in [4.78, 5) is 2.70. The van der Waals surface area contributed by atoms with E-state index in [-0.39, 0.29) is 0 Å². The van der Waals surface area contributed by atoms with Crippen molar-refractivity contribution < 1.29 is 0 Å². The molecule has 15 heavy (non-hydrogen) atoms. The van der Waals surface area contributed by atoms with Gasteiger partial charge in [-0.1, -0.05) is 13.8 Å². The predicted molar refractivity (Wildman–Crippen MR) is 67.3 cm³/mol. The van der Waals surface area contributed by atoms with Crippen LogP contribution in [-0.4, -0.2) is 36.1 Å². The lowest BCUT2D eigenvalue weighted by Crippen LogP contribution is -2.49. The van der Waals surface area contributed by atoms with E-state index in [0.29, 0.717) is 5.54 Å². The highest BCUT2D eigenvalue weighted by Gasteiger charge is 2.35. The molecule has 0 amide bonds. The molecule has 0 spiro atoms. The Hall–Kier alpha value is -0.0800. The fraction of sp³-hybridized carbons (Fsp3) is 1.00. The minimum absolute atomic E-state index is 0.425. The van der Waals surface area contributed by atoms with Crippen molar-refractivity contribution in [3.63, 3.8) is 0 Å². The summed E-state index contributed by atoms with van der Waals surface area (Å²) < 4.78 is 0. The van der Waals surface area contributed by atoms with E-state index >= 15 is 0 Å². The molecule has 0 saturated carbocycles. The average molecular weight is 212 g/mol. The van der Waals surface area contributed by atoms with Gasteiger partial charge in [0.1, 0.15) is 0 Å². The molecule has 90 valence electrons. The van der Waals surface area contributed by atoms with Gasteiger partial charge in [-0.25, -0.2) is 0 Å². The number of hydrogen-bond donors (Lipinski definition) is 1. The van der Waals surface area contributed by atoms with E-state index in [1.54, 1.807) is 0 Å². The van der Waals surface area contributed by atoms with Crippen LogP contribution in [0.3, 0.4) is 0 Å². The summed E-state index contributed by atoms with van der Waals surface area (Å²) in [5.74, 6) is 0. The van der Waals surface area contributed by atoms with E-state index < -0.39 is 0 Å². The van der Waals surface area contributed by atoms with Gasteiger partial charge in [0.15, 0.2) is 0 Å². The summed E-state index contributed by atoms with van der Waals surface area (Å²) in [6, 6.07) is 0.731. The van der Waals surface area contributed by atoms with Crippen LogP contribution in [0.4, 0.5) is 0 Å². The van der Waals surface area contributed by atoms with E-state index in [2.05, 4.69) is 37.9 Å². The minimum Gasteiger partial charge on any atom is -0.315 e. The molecule has 1 saturated heterocycles. The van der Waals surface area contributed by atoms with Gasteiger partial charge in [0.2, 0.25) is 0 Å². The quantitative estimate of drug-likeness (QED) is 0.681. The maximum absolute atomic E-state index is 3.56. The second-order valence-corrected chi connectivity index (χ2v) is 5.38. The van der Waals surface area contributed by atoms with Crippen LogP contribution in [0.2, 0.25) is 0 Å². The maximum atomic E-state index is 3.56. The first kappa shape index (κ1) is 13.0. The van der Waals surface area contributed by atoms with E-state index in [9.17, 15) is 0 Å². The Morgan fingerprint density at radius 3 is 2.53 bits per heavy atom. The normalized spacial score (nSPS) is 23.2. The lowest BCUT2D eigenvalue weighted by atomic mass is 9.99. The number of nitrogens with one attached hydrogen (secondary N) is 1. The van der Waals surface area contributed by atoms with E-state index in [1.165, 1.54) is 32.2 Å². The van der Waals surface area contributed by atoms with Crippen molar-refractivity contribution in [2.24, 2.45) is 0 Å². The third kappa shape index (κ3) is 3.46. The third-order valence-corrected chi connectivity index (χ3v) is 3.68. The van der Waals surface area contributed by atoms with Gasteiger partial charge in [-0.05, 0) is 52.6 Å². The van der Waals surface area contributed by atoms with Crippen LogP contribution < -0.4 is 5.32 Å². The first-order valence-electron chi connectivity index (χ1n) is 6.59. The Kier molecular flexibility index (Phi) is 5.07. The summed E-state index contributed by atoms with van der Waals surface area (Å²) in [6.45, 7) is 12.9. The van der Waals surface area contributed by atoms with Crippen molar-refractivity contribution in [1.29, 1.82) is 0 Å². The standard InChI is InChI=1S/C13H28N2/c1-5-9-14-11-12(6-2)15-10-7-8-13(15,3)4/h12,14H,5-11H2,1-4H3.